The summed E-state index contributed by atoms with van der Waals surface area (Å²) in [6, 6.07) is 7.44. The van der Waals surface area contributed by atoms with Crippen LogP contribution in [0.4, 0.5) is 0 Å². The van der Waals surface area contributed by atoms with E-state index in [1.807, 2.05) is 36.1 Å². The number of benzene rings is 1. The van der Waals surface area contributed by atoms with E-state index in [-0.39, 0.29) is 17.9 Å². The quantitative estimate of drug-likeness (QED) is 0.925. The molecular formula is C18H22ClN3O2. The first-order valence-corrected chi connectivity index (χ1v) is 8.69. The Balaban J connectivity index is 1.88. The largest absolute Gasteiger partial charge is 0.393 e. The summed E-state index contributed by atoms with van der Waals surface area (Å²) in [5.41, 5.74) is 2.35. The summed E-state index contributed by atoms with van der Waals surface area (Å²) in [7, 11) is 0. The number of aliphatic hydroxyl groups is 1. The van der Waals surface area contributed by atoms with Gasteiger partial charge in [-0.2, -0.15) is 5.10 Å². The molecule has 0 saturated carbocycles. The molecule has 0 radical (unpaired) electrons. The maximum absolute atomic E-state index is 12.9. The average Bonchev–Trinajstić information content (AvgIpc) is 3.21. The van der Waals surface area contributed by atoms with Gasteiger partial charge in [0.1, 0.15) is 0 Å². The second-order valence-corrected chi connectivity index (χ2v) is 6.73. The minimum Gasteiger partial charge on any atom is -0.393 e. The van der Waals surface area contributed by atoms with Crippen molar-refractivity contribution in [2.24, 2.45) is 5.92 Å². The van der Waals surface area contributed by atoms with Gasteiger partial charge in [0.25, 0.3) is 5.91 Å². The third kappa shape index (κ3) is 3.19. The Morgan fingerprint density at radius 3 is 2.92 bits per heavy atom. The molecule has 6 heteroatoms. The molecule has 1 N–H and O–H groups in total. The molecular weight excluding hydrogens is 326 g/mol. The summed E-state index contributed by atoms with van der Waals surface area (Å²) >= 11 is 6.07. The van der Waals surface area contributed by atoms with Gasteiger partial charge in [0.15, 0.2) is 0 Å². The van der Waals surface area contributed by atoms with E-state index >= 15 is 0 Å². The number of amides is 1. The molecule has 5 nitrogen and oxygen atoms in total. The molecule has 1 aliphatic heterocycles. The number of hydrogen-bond acceptors (Lipinski definition) is 3. The Morgan fingerprint density at radius 1 is 1.50 bits per heavy atom. The zero-order chi connectivity index (χ0) is 17.3. The molecule has 2 unspecified atom stereocenters. The highest BCUT2D eigenvalue weighted by Crippen LogP contribution is 2.24. The molecule has 0 aliphatic carbocycles. The second kappa shape index (κ2) is 6.95. The molecule has 24 heavy (non-hydrogen) atoms. The molecule has 1 fully saturated rings. The van der Waals surface area contributed by atoms with Crippen LogP contribution in [-0.2, 0) is 6.42 Å². The lowest BCUT2D eigenvalue weighted by atomic mass is 10.0. The number of rotatable bonds is 4. The standard InChI is InChI=1S/C18H22ClN3O2/c1-3-17-16(18(24)21-8-7-13(11-21)12(2)23)10-20-22(17)15-6-4-5-14(19)9-15/h4-6,9-10,12-13,23H,3,7-8,11H2,1-2H3. The Bertz CT molecular complexity index is 742. The number of hydrogen-bond donors (Lipinski definition) is 1. The van der Waals surface area contributed by atoms with Crippen LogP contribution in [-0.4, -0.2) is 44.9 Å². The molecule has 1 aromatic carbocycles. The van der Waals surface area contributed by atoms with Crippen molar-refractivity contribution < 1.29 is 9.90 Å². The summed E-state index contributed by atoms with van der Waals surface area (Å²) in [6.07, 6.45) is 2.79. The third-order valence-electron chi connectivity index (χ3n) is 4.68. The monoisotopic (exact) mass is 347 g/mol. The lowest BCUT2D eigenvalue weighted by molar-refractivity contribution is 0.0761. The molecule has 1 amide bonds. The normalized spacial score (nSPS) is 18.8. The van der Waals surface area contributed by atoms with E-state index in [1.54, 1.807) is 17.8 Å². The van der Waals surface area contributed by atoms with Crippen molar-refractivity contribution in [3.8, 4) is 5.69 Å². The van der Waals surface area contributed by atoms with Crippen molar-refractivity contribution in [1.82, 2.24) is 14.7 Å². The van der Waals surface area contributed by atoms with Crippen molar-refractivity contribution in [3.63, 3.8) is 0 Å². The van der Waals surface area contributed by atoms with Gasteiger partial charge in [0.05, 0.1) is 29.2 Å². The lowest BCUT2D eigenvalue weighted by Crippen LogP contribution is -2.30. The van der Waals surface area contributed by atoms with Gasteiger partial charge >= 0.3 is 0 Å². The molecule has 0 bridgehead atoms. The van der Waals surface area contributed by atoms with E-state index in [0.29, 0.717) is 30.1 Å². The molecule has 128 valence electrons. The number of carbonyl (C=O) groups is 1. The highest BCUT2D eigenvalue weighted by atomic mass is 35.5. The van der Waals surface area contributed by atoms with Gasteiger partial charge in [-0.3, -0.25) is 4.79 Å². The second-order valence-electron chi connectivity index (χ2n) is 6.29. The summed E-state index contributed by atoms with van der Waals surface area (Å²) in [5, 5.41) is 14.8. The van der Waals surface area contributed by atoms with Crippen molar-refractivity contribution in [3.05, 3.63) is 46.7 Å². The summed E-state index contributed by atoms with van der Waals surface area (Å²) in [4.78, 5) is 14.7. The highest BCUT2D eigenvalue weighted by Gasteiger charge is 2.31. The highest BCUT2D eigenvalue weighted by molar-refractivity contribution is 6.30. The van der Waals surface area contributed by atoms with Gasteiger partial charge in [-0.05, 0) is 38.0 Å². The van der Waals surface area contributed by atoms with Crippen LogP contribution in [0.2, 0.25) is 5.02 Å². The zero-order valence-corrected chi connectivity index (χ0v) is 14.7. The number of likely N-dealkylation sites (tertiary alicyclic amines) is 1. The summed E-state index contributed by atoms with van der Waals surface area (Å²) in [6.45, 7) is 5.08. The van der Waals surface area contributed by atoms with Crippen molar-refractivity contribution in [2.45, 2.75) is 32.8 Å². The summed E-state index contributed by atoms with van der Waals surface area (Å²) < 4.78 is 1.78. The molecule has 2 aromatic rings. The summed E-state index contributed by atoms with van der Waals surface area (Å²) in [5.74, 6) is 0.144. The van der Waals surface area contributed by atoms with Gasteiger partial charge in [0, 0.05) is 24.0 Å². The van der Waals surface area contributed by atoms with Crippen LogP contribution in [0.25, 0.3) is 5.69 Å². The van der Waals surface area contributed by atoms with Crippen LogP contribution < -0.4 is 0 Å². The number of nitrogens with zero attached hydrogens (tertiary/aromatic N) is 3. The Hall–Kier alpha value is -1.85. The first-order valence-electron chi connectivity index (χ1n) is 8.31. The lowest BCUT2D eigenvalue weighted by Gasteiger charge is -2.18. The maximum atomic E-state index is 12.9. The number of aliphatic hydroxyl groups excluding tert-OH is 1. The molecule has 0 spiro atoms. The van der Waals surface area contributed by atoms with Crippen LogP contribution >= 0.6 is 11.6 Å². The minimum absolute atomic E-state index is 0.0109. The SMILES string of the molecule is CCc1c(C(=O)N2CCC(C(C)O)C2)cnn1-c1cccc(Cl)c1. The molecule has 1 saturated heterocycles. The predicted octanol–water partition coefficient (Wildman–Crippen LogP) is 2.93. The van der Waals surface area contributed by atoms with E-state index < -0.39 is 0 Å². The van der Waals surface area contributed by atoms with Gasteiger partial charge < -0.3 is 10.0 Å². The van der Waals surface area contributed by atoms with E-state index in [1.165, 1.54) is 0 Å². The third-order valence-corrected chi connectivity index (χ3v) is 4.92. The molecule has 1 aromatic heterocycles. The number of halogens is 1. The van der Waals surface area contributed by atoms with Crippen molar-refractivity contribution >= 4 is 17.5 Å². The van der Waals surface area contributed by atoms with Gasteiger partial charge in [0.2, 0.25) is 0 Å². The first kappa shape index (κ1) is 17.0. The maximum Gasteiger partial charge on any atom is 0.257 e. The van der Waals surface area contributed by atoms with Crippen molar-refractivity contribution in [1.29, 1.82) is 0 Å². The van der Waals surface area contributed by atoms with Gasteiger partial charge in [-0.15, -0.1) is 0 Å². The fourth-order valence-electron chi connectivity index (χ4n) is 3.26. The number of carbonyl (C=O) groups excluding carboxylic acids is 1. The molecule has 3 rings (SSSR count). The minimum atomic E-state index is -0.386. The molecule has 1 aliphatic rings. The van der Waals surface area contributed by atoms with Crippen LogP contribution in [0.3, 0.4) is 0 Å². The van der Waals surface area contributed by atoms with Gasteiger partial charge in [-0.25, -0.2) is 4.68 Å². The fraction of sp³-hybridized carbons (Fsp3) is 0.444. The van der Waals surface area contributed by atoms with E-state index in [2.05, 4.69) is 5.10 Å². The van der Waals surface area contributed by atoms with Crippen LogP contribution in [0.1, 0.15) is 36.3 Å². The average molecular weight is 348 g/mol. The number of aromatic nitrogens is 2. The Kier molecular flexibility index (Phi) is 4.92. The first-order chi connectivity index (χ1) is 11.5. The Labute approximate surface area is 146 Å². The Morgan fingerprint density at radius 2 is 2.29 bits per heavy atom. The fourth-order valence-corrected chi connectivity index (χ4v) is 3.44. The van der Waals surface area contributed by atoms with Crippen LogP contribution in [0.5, 0.6) is 0 Å². The van der Waals surface area contributed by atoms with Crippen LogP contribution in [0, 0.1) is 5.92 Å². The van der Waals surface area contributed by atoms with Gasteiger partial charge in [-0.1, -0.05) is 24.6 Å². The molecule has 2 heterocycles. The van der Waals surface area contributed by atoms with E-state index in [9.17, 15) is 9.90 Å². The van der Waals surface area contributed by atoms with Crippen molar-refractivity contribution in [2.75, 3.05) is 13.1 Å². The van der Waals surface area contributed by atoms with Crippen LogP contribution in [0.15, 0.2) is 30.5 Å². The smallest absolute Gasteiger partial charge is 0.257 e. The van der Waals surface area contributed by atoms with E-state index in [4.69, 9.17) is 11.6 Å². The topological polar surface area (TPSA) is 58.4 Å². The van der Waals surface area contributed by atoms with E-state index in [0.717, 1.165) is 17.8 Å². The zero-order valence-electron chi connectivity index (χ0n) is 13.9. The predicted molar refractivity (Wildman–Crippen MR) is 93.6 cm³/mol. The molecule has 2 atom stereocenters.